The number of rotatable bonds is 5. The van der Waals surface area contributed by atoms with E-state index in [1.54, 1.807) is 6.20 Å². The van der Waals surface area contributed by atoms with E-state index in [9.17, 15) is 4.79 Å². The lowest BCUT2D eigenvalue weighted by Gasteiger charge is -2.24. The van der Waals surface area contributed by atoms with Crippen molar-refractivity contribution in [1.29, 1.82) is 0 Å². The van der Waals surface area contributed by atoms with Gasteiger partial charge in [0.05, 0.1) is 12.2 Å². The standard InChI is InChI=1S/C17H19N3O/c21-17(13-4-3-5-13)20-15-9-7-14(8-10-15)19-12-16-6-1-2-11-18-16/h1-2,6-11,13,19H,3-5,12H2,(H,20,21). The lowest BCUT2D eigenvalue weighted by Crippen LogP contribution is -2.27. The summed E-state index contributed by atoms with van der Waals surface area (Å²) in [7, 11) is 0. The summed E-state index contributed by atoms with van der Waals surface area (Å²) in [6, 6.07) is 13.7. The molecule has 1 aromatic carbocycles. The van der Waals surface area contributed by atoms with E-state index in [0.717, 1.165) is 29.9 Å². The number of carbonyl (C=O) groups excluding carboxylic acids is 1. The highest BCUT2D eigenvalue weighted by Crippen LogP contribution is 2.27. The Morgan fingerprint density at radius 2 is 1.86 bits per heavy atom. The Bertz CT molecular complexity index is 591. The lowest BCUT2D eigenvalue weighted by atomic mass is 9.85. The molecule has 1 amide bonds. The minimum atomic E-state index is 0.149. The molecule has 0 aliphatic heterocycles. The molecule has 2 aromatic rings. The first-order chi connectivity index (χ1) is 10.3. The van der Waals surface area contributed by atoms with Gasteiger partial charge in [0, 0.05) is 23.5 Å². The highest BCUT2D eigenvalue weighted by atomic mass is 16.1. The van der Waals surface area contributed by atoms with Gasteiger partial charge in [0.2, 0.25) is 5.91 Å². The minimum Gasteiger partial charge on any atom is -0.379 e. The SMILES string of the molecule is O=C(Nc1ccc(NCc2ccccn2)cc1)C1CCC1. The molecule has 0 unspecified atom stereocenters. The van der Waals surface area contributed by atoms with Gasteiger partial charge in [-0.05, 0) is 49.2 Å². The van der Waals surface area contributed by atoms with Crippen LogP contribution in [0.5, 0.6) is 0 Å². The van der Waals surface area contributed by atoms with Gasteiger partial charge in [0.1, 0.15) is 0 Å². The van der Waals surface area contributed by atoms with Crippen molar-refractivity contribution in [2.75, 3.05) is 10.6 Å². The average molecular weight is 281 g/mol. The number of aromatic nitrogens is 1. The van der Waals surface area contributed by atoms with Gasteiger partial charge in [-0.2, -0.15) is 0 Å². The number of nitrogens with zero attached hydrogens (tertiary/aromatic N) is 1. The normalized spacial score (nSPS) is 14.3. The van der Waals surface area contributed by atoms with Crippen molar-refractivity contribution >= 4 is 17.3 Å². The van der Waals surface area contributed by atoms with Crippen molar-refractivity contribution in [3.8, 4) is 0 Å². The predicted molar refractivity (Wildman–Crippen MR) is 84.0 cm³/mol. The molecule has 2 N–H and O–H groups in total. The number of anilines is 2. The van der Waals surface area contributed by atoms with E-state index in [-0.39, 0.29) is 11.8 Å². The van der Waals surface area contributed by atoms with Gasteiger partial charge in [-0.1, -0.05) is 12.5 Å². The summed E-state index contributed by atoms with van der Waals surface area (Å²) < 4.78 is 0. The van der Waals surface area contributed by atoms with E-state index in [1.165, 1.54) is 6.42 Å². The molecule has 1 heterocycles. The van der Waals surface area contributed by atoms with Crippen LogP contribution in [0.4, 0.5) is 11.4 Å². The molecule has 1 aliphatic carbocycles. The third-order valence-electron chi connectivity index (χ3n) is 3.83. The fourth-order valence-electron chi connectivity index (χ4n) is 2.28. The molecule has 21 heavy (non-hydrogen) atoms. The summed E-state index contributed by atoms with van der Waals surface area (Å²) in [6.45, 7) is 0.689. The number of benzene rings is 1. The van der Waals surface area contributed by atoms with E-state index < -0.39 is 0 Å². The minimum absolute atomic E-state index is 0.149. The zero-order valence-corrected chi connectivity index (χ0v) is 11.9. The first-order valence-corrected chi connectivity index (χ1v) is 7.36. The maximum absolute atomic E-state index is 11.9. The van der Waals surface area contributed by atoms with Crippen molar-refractivity contribution in [1.82, 2.24) is 4.98 Å². The smallest absolute Gasteiger partial charge is 0.227 e. The first kappa shape index (κ1) is 13.6. The lowest BCUT2D eigenvalue weighted by molar-refractivity contribution is -0.122. The van der Waals surface area contributed by atoms with Gasteiger partial charge in [0.25, 0.3) is 0 Å². The van der Waals surface area contributed by atoms with Gasteiger partial charge in [-0.15, -0.1) is 0 Å². The summed E-state index contributed by atoms with van der Waals surface area (Å²) in [5.74, 6) is 0.363. The van der Waals surface area contributed by atoms with Gasteiger partial charge in [0.15, 0.2) is 0 Å². The number of pyridine rings is 1. The molecule has 4 heteroatoms. The maximum Gasteiger partial charge on any atom is 0.227 e. The zero-order valence-electron chi connectivity index (χ0n) is 11.9. The van der Waals surface area contributed by atoms with Crippen LogP contribution in [0.3, 0.4) is 0 Å². The fourth-order valence-corrected chi connectivity index (χ4v) is 2.28. The molecule has 3 rings (SSSR count). The van der Waals surface area contributed by atoms with Gasteiger partial charge < -0.3 is 10.6 Å². The molecule has 108 valence electrons. The number of carbonyl (C=O) groups is 1. The molecule has 1 aliphatic rings. The van der Waals surface area contributed by atoms with Crippen LogP contribution >= 0.6 is 0 Å². The van der Waals surface area contributed by atoms with E-state index in [0.29, 0.717) is 6.54 Å². The fraction of sp³-hybridized carbons (Fsp3) is 0.294. The Kier molecular flexibility index (Phi) is 4.15. The molecule has 0 saturated heterocycles. The topological polar surface area (TPSA) is 54.0 Å². The Morgan fingerprint density at radius 3 is 2.48 bits per heavy atom. The van der Waals surface area contributed by atoms with Crippen molar-refractivity contribution in [2.24, 2.45) is 5.92 Å². The molecule has 0 radical (unpaired) electrons. The predicted octanol–water partition coefficient (Wildman–Crippen LogP) is 3.43. The van der Waals surface area contributed by atoms with Crippen LogP contribution in [0.25, 0.3) is 0 Å². The molecular formula is C17H19N3O. The highest BCUT2D eigenvalue weighted by molar-refractivity contribution is 5.93. The van der Waals surface area contributed by atoms with Crippen molar-refractivity contribution in [2.45, 2.75) is 25.8 Å². The largest absolute Gasteiger partial charge is 0.379 e. The van der Waals surface area contributed by atoms with Crippen molar-refractivity contribution in [3.63, 3.8) is 0 Å². The summed E-state index contributed by atoms with van der Waals surface area (Å²) in [5.41, 5.74) is 2.87. The summed E-state index contributed by atoms with van der Waals surface area (Å²) in [5, 5.41) is 6.28. The third kappa shape index (κ3) is 3.60. The second kappa shape index (κ2) is 6.39. The summed E-state index contributed by atoms with van der Waals surface area (Å²) >= 11 is 0. The Morgan fingerprint density at radius 1 is 1.10 bits per heavy atom. The molecule has 0 atom stereocenters. The second-order valence-corrected chi connectivity index (χ2v) is 5.37. The average Bonchev–Trinajstić information content (AvgIpc) is 2.46. The van der Waals surface area contributed by atoms with Crippen LogP contribution in [-0.4, -0.2) is 10.9 Å². The Balaban J connectivity index is 1.52. The molecular weight excluding hydrogens is 262 g/mol. The van der Waals surface area contributed by atoms with Crippen molar-refractivity contribution < 1.29 is 4.79 Å². The van der Waals surface area contributed by atoms with Crippen LogP contribution in [-0.2, 0) is 11.3 Å². The van der Waals surface area contributed by atoms with Gasteiger partial charge in [-0.3, -0.25) is 9.78 Å². The van der Waals surface area contributed by atoms with E-state index >= 15 is 0 Å². The monoisotopic (exact) mass is 281 g/mol. The second-order valence-electron chi connectivity index (χ2n) is 5.37. The summed E-state index contributed by atoms with van der Waals surface area (Å²) in [6.07, 6.45) is 5.01. The molecule has 1 saturated carbocycles. The molecule has 1 fully saturated rings. The van der Waals surface area contributed by atoms with E-state index in [4.69, 9.17) is 0 Å². The van der Waals surface area contributed by atoms with Crippen LogP contribution in [0.15, 0.2) is 48.7 Å². The summed E-state index contributed by atoms with van der Waals surface area (Å²) in [4.78, 5) is 16.1. The van der Waals surface area contributed by atoms with E-state index in [1.807, 2.05) is 42.5 Å². The van der Waals surface area contributed by atoms with E-state index in [2.05, 4.69) is 15.6 Å². The third-order valence-corrected chi connectivity index (χ3v) is 3.83. The number of nitrogens with one attached hydrogen (secondary N) is 2. The van der Waals surface area contributed by atoms with Gasteiger partial charge in [-0.25, -0.2) is 0 Å². The highest BCUT2D eigenvalue weighted by Gasteiger charge is 2.24. The number of hydrogen-bond acceptors (Lipinski definition) is 3. The van der Waals surface area contributed by atoms with Crippen LogP contribution in [0.1, 0.15) is 25.0 Å². The number of hydrogen-bond donors (Lipinski definition) is 2. The molecule has 0 bridgehead atoms. The maximum atomic E-state index is 11.9. The zero-order chi connectivity index (χ0) is 14.5. The van der Waals surface area contributed by atoms with Crippen LogP contribution in [0.2, 0.25) is 0 Å². The molecule has 1 aromatic heterocycles. The Labute approximate surface area is 124 Å². The van der Waals surface area contributed by atoms with Crippen LogP contribution < -0.4 is 10.6 Å². The number of amides is 1. The molecule has 0 spiro atoms. The molecule has 4 nitrogen and oxygen atoms in total. The van der Waals surface area contributed by atoms with Crippen LogP contribution in [0, 0.1) is 5.92 Å². The van der Waals surface area contributed by atoms with Gasteiger partial charge >= 0.3 is 0 Å². The van der Waals surface area contributed by atoms with Crippen molar-refractivity contribution in [3.05, 3.63) is 54.4 Å². The quantitative estimate of drug-likeness (QED) is 0.882. The Hall–Kier alpha value is -2.36. The first-order valence-electron chi connectivity index (χ1n) is 7.36.